The summed E-state index contributed by atoms with van der Waals surface area (Å²) in [6.07, 6.45) is 1.64. The number of hydrogen-bond donors (Lipinski definition) is 1. The van der Waals surface area contributed by atoms with Gasteiger partial charge in [0.15, 0.2) is 0 Å². The van der Waals surface area contributed by atoms with E-state index < -0.39 is 0 Å². The monoisotopic (exact) mass is 352 g/mol. The number of halogens is 1. The van der Waals surface area contributed by atoms with E-state index in [2.05, 4.69) is 47.0 Å². The summed E-state index contributed by atoms with van der Waals surface area (Å²) >= 11 is 4.90. The van der Waals surface area contributed by atoms with Gasteiger partial charge in [0.1, 0.15) is 4.88 Å². The molecule has 0 bridgehead atoms. The number of aryl methyl sites for hydroxylation is 1. The molecular weight excluding hydrogens is 336 g/mol. The summed E-state index contributed by atoms with van der Waals surface area (Å²) in [5.74, 6) is -0.117. The third-order valence-electron chi connectivity index (χ3n) is 2.80. The van der Waals surface area contributed by atoms with Gasteiger partial charge in [0, 0.05) is 15.6 Å². The van der Waals surface area contributed by atoms with Gasteiger partial charge in [0.25, 0.3) is 5.91 Å². The van der Waals surface area contributed by atoms with Crippen LogP contribution in [0.2, 0.25) is 0 Å². The number of carbonyl (C=O) groups is 1. The van der Waals surface area contributed by atoms with Gasteiger partial charge in [-0.2, -0.15) is 0 Å². The minimum Gasteiger partial charge on any atom is -0.321 e. The minimum absolute atomic E-state index is 0.0317. The Kier molecular flexibility index (Phi) is 4.30. The molecule has 0 aliphatic carbocycles. The summed E-state index contributed by atoms with van der Waals surface area (Å²) in [7, 11) is 0. The molecule has 106 valence electrons. The van der Waals surface area contributed by atoms with Crippen molar-refractivity contribution in [2.24, 2.45) is 0 Å². The Balaban J connectivity index is 2.16. The number of nitrogens with one attached hydrogen (secondary N) is 1. The van der Waals surface area contributed by atoms with Gasteiger partial charge < -0.3 is 5.32 Å². The normalized spacial score (nSPS) is 11.4. The van der Waals surface area contributed by atoms with Crippen molar-refractivity contribution in [1.29, 1.82) is 0 Å². The SMILES string of the molecule is Cc1ccc(NC(=O)c2cnc(C(C)(C)C)s2)cc1Br. The molecule has 1 N–H and O–H groups in total. The summed E-state index contributed by atoms with van der Waals surface area (Å²) < 4.78 is 0.981. The molecule has 0 fully saturated rings. The Morgan fingerprint density at radius 3 is 2.60 bits per heavy atom. The number of rotatable bonds is 2. The van der Waals surface area contributed by atoms with Gasteiger partial charge in [-0.25, -0.2) is 4.98 Å². The highest BCUT2D eigenvalue weighted by atomic mass is 79.9. The number of hydrogen-bond acceptors (Lipinski definition) is 3. The van der Waals surface area contributed by atoms with Crippen LogP contribution in [0.1, 0.15) is 41.0 Å². The third kappa shape index (κ3) is 3.46. The molecule has 0 aliphatic rings. The van der Waals surface area contributed by atoms with Crippen LogP contribution in [-0.2, 0) is 5.41 Å². The summed E-state index contributed by atoms with van der Waals surface area (Å²) in [5.41, 5.74) is 1.88. The molecule has 2 rings (SSSR count). The Morgan fingerprint density at radius 2 is 2.05 bits per heavy atom. The quantitative estimate of drug-likeness (QED) is 0.846. The standard InChI is InChI=1S/C15H17BrN2OS/c1-9-5-6-10(7-11(9)16)18-13(19)12-8-17-14(20-12)15(2,3)4/h5-8H,1-4H3,(H,18,19). The third-order valence-corrected chi connectivity index (χ3v) is 5.08. The molecule has 0 radical (unpaired) electrons. The van der Waals surface area contributed by atoms with Crippen molar-refractivity contribution >= 4 is 38.9 Å². The molecule has 3 nitrogen and oxygen atoms in total. The highest BCUT2D eigenvalue weighted by Crippen LogP contribution is 2.27. The second-order valence-electron chi connectivity index (χ2n) is 5.70. The Morgan fingerprint density at radius 1 is 1.35 bits per heavy atom. The molecule has 20 heavy (non-hydrogen) atoms. The lowest BCUT2D eigenvalue weighted by Crippen LogP contribution is -2.11. The first-order valence-electron chi connectivity index (χ1n) is 6.31. The average molecular weight is 353 g/mol. The van der Waals surface area contributed by atoms with Gasteiger partial charge in [-0.05, 0) is 24.6 Å². The molecule has 0 aliphatic heterocycles. The van der Waals surface area contributed by atoms with Crippen molar-refractivity contribution in [2.75, 3.05) is 5.32 Å². The van der Waals surface area contributed by atoms with E-state index in [9.17, 15) is 4.79 Å². The highest BCUT2D eigenvalue weighted by molar-refractivity contribution is 9.10. The Labute approximate surface area is 131 Å². The molecule has 0 atom stereocenters. The van der Waals surface area contributed by atoms with Gasteiger partial charge in [0.05, 0.1) is 11.2 Å². The van der Waals surface area contributed by atoms with E-state index in [1.165, 1.54) is 11.3 Å². The smallest absolute Gasteiger partial charge is 0.267 e. The van der Waals surface area contributed by atoms with Crippen LogP contribution in [0, 0.1) is 6.92 Å². The lowest BCUT2D eigenvalue weighted by Gasteiger charge is -2.13. The van der Waals surface area contributed by atoms with Crippen molar-refractivity contribution in [1.82, 2.24) is 4.98 Å². The minimum atomic E-state index is -0.117. The number of aromatic nitrogens is 1. The molecule has 1 amide bonds. The fourth-order valence-corrected chi connectivity index (χ4v) is 2.84. The zero-order chi connectivity index (χ0) is 14.9. The number of amides is 1. The number of carbonyl (C=O) groups excluding carboxylic acids is 1. The van der Waals surface area contributed by atoms with Gasteiger partial charge in [-0.15, -0.1) is 11.3 Å². The Bertz CT molecular complexity index is 644. The van der Waals surface area contributed by atoms with Crippen LogP contribution < -0.4 is 5.32 Å². The second-order valence-corrected chi connectivity index (χ2v) is 7.58. The van der Waals surface area contributed by atoms with Crippen LogP contribution in [0.25, 0.3) is 0 Å². The molecule has 0 saturated carbocycles. The maximum atomic E-state index is 12.2. The van der Waals surface area contributed by atoms with Crippen LogP contribution >= 0.6 is 27.3 Å². The van der Waals surface area contributed by atoms with E-state index in [1.807, 2.05) is 25.1 Å². The predicted molar refractivity (Wildman–Crippen MR) is 87.6 cm³/mol. The van der Waals surface area contributed by atoms with Gasteiger partial charge in [-0.1, -0.05) is 42.8 Å². The zero-order valence-electron chi connectivity index (χ0n) is 12.0. The summed E-state index contributed by atoms with van der Waals surface area (Å²) in [5, 5.41) is 3.86. The van der Waals surface area contributed by atoms with E-state index >= 15 is 0 Å². The lowest BCUT2D eigenvalue weighted by atomic mass is 9.98. The maximum Gasteiger partial charge on any atom is 0.267 e. The molecule has 1 heterocycles. The summed E-state index contributed by atoms with van der Waals surface area (Å²) in [6, 6.07) is 5.76. The number of anilines is 1. The second kappa shape index (κ2) is 5.66. The Hall–Kier alpha value is -1.20. The van der Waals surface area contributed by atoms with Gasteiger partial charge >= 0.3 is 0 Å². The van der Waals surface area contributed by atoms with Crippen molar-refractivity contribution in [3.8, 4) is 0 Å². The van der Waals surface area contributed by atoms with Crippen molar-refractivity contribution in [3.05, 3.63) is 44.3 Å². The van der Waals surface area contributed by atoms with Gasteiger partial charge in [0.2, 0.25) is 0 Å². The molecule has 1 aromatic heterocycles. The first kappa shape index (κ1) is 15.2. The average Bonchev–Trinajstić information content (AvgIpc) is 2.83. The zero-order valence-corrected chi connectivity index (χ0v) is 14.4. The van der Waals surface area contributed by atoms with Crippen LogP contribution in [0.3, 0.4) is 0 Å². The van der Waals surface area contributed by atoms with Crippen LogP contribution in [-0.4, -0.2) is 10.9 Å². The fraction of sp³-hybridized carbons (Fsp3) is 0.333. The van der Waals surface area contributed by atoms with E-state index in [0.29, 0.717) is 4.88 Å². The molecule has 2 aromatic rings. The topological polar surface area (TPSA) is 42.0 Å². The van der Waals surface area contributed by atoms with Crippen molar-refractivity contribution in [3.63, 3.8) is 0 Å². The molecule has 0 spiro atoms. The number of thiazole rings is 1. The molecular formula is C15H17BrN2OS. The molecule has 0 saturated heterocycles. The van der Waals surface area contributed by atoms with Gasteiger partial charge in [-0.3, -0.25) is 4.79 Å². The van der Waals surface area contributed by atoms with Crippen LogP contribution in [0.15, 0.2) is 28.9 Å². The highest BCUT2D eigenvalue weighted by Gasteiger charge is 2.20. The lowest BCUT2D eigenvalue weighted by molar-refractivity contribution is 0.103. The first-order chi connectivity index (χ1) is 9.27. The predicted octanol–water partition coefficient (Wildman–Crippen LogP) is 4.76. The first-order valence-corrected chi connectivity index (χ1v) is 7.92. The van der Waals surface area contributed by atoms with E-state index in [-0.39, 0.29) is 11.3 Å². The molecule has 0 unspecified atom stereocenters. The fourth-order valence-electron chi connectivity index (χ4n) is 1.59. The summed E-state index contributed by atoms with van der Waals surface area (Å²) in [6.45, 7) is 8.27. The van der Waals surface area contributed by atoms with Crippen molar-refractivity contribution < 1.29 is 4.79 Å². The van der Waals surface area contributed by atoms with E-state index in [0.717, 1.165) is 20.7 Å². The largest absolute Gasteiger partial charge is 0.321 e. The maximum absolute atomic E-state index is 12.2. The van der Waals surface area contributed by atoms with E-state index in [1.54, 1.807) is 6.20 Å². The number of nitrogens with zero attached hydrogens (tertiary/aromatic N) is 1. The molecule has 5 heteroatoms. The number of benzene rings is 1. The summed E-state index contributed by atoms with van der Waals surface area (Å²) in [4.78, 5) is 17.2. The van der Waals surface area contributed by atoms with E-state index in [4.69, 9.17) is 0 Å². The van der Waals surface area contributed by atoms with Crippen LogP contribution in [0.4, 0.5) is 5.69 Å². The van der Waals surface area contributed by atoms with Crippen molar-refractivity contribution in [2.45, 2.75) is 33.1 Å². The van der Waals surface area contributed by atoms with Crippen LogP contribution in [0.5, 0.6) is 0 Å². The molecule has 1 aromatic carbocycles.